The summed E-state index contributed by atoms with van der Waals surface area (Å²) in [6, 6.07) is 3.96. The van der Waals surface area contributed by atoms with Crippen LogP contribution >= 0.6 is 33.2 Å². The van der Waals surface area contributed by atoms with Gasteiger partial charge in [0.1, 0.15) is 0 Å². The Hall–Kier alpha value is 1.30. The third kappa shape index (κ3) is 6.01. The summed E-state index contributed by atoms with van der Waals surface area (Å²) < 4.78 is 0. The molecule has 0 N–H and O–H groups in total. The Bertz CT molecular complexity index is 144. The molecule has 0 unspecified atom stereocenters. The van der Waals surface area contributed by atoms with Crippen LogP contribution in [0.3, 0.4) is 0 Å². The van der Waals surface area contributed by atoms with Crippen molar-refractivity contribution in [1.29, 1.82) is 0 Å². The molecule has 0 fully saturated rings. The van der Waals surface area contributed by atoms with Gasteiger partial charge >= 0.3 is 6.00 Å². The van der Waals surface area contributed by atoms with Crippen molar-refractivity contribution in [2.75, 3.05) is 0 Å². The molecule has 0 rings (SSSR count). The first-order valence-corrected chi connectivity index (χ1v) is 13.5. The number of hydrogen-bond acceptors (Lipinski definition) is 0. The van der Waals surface area contributed by atoms with E-state index in [1.807, 2.05) is 0 Å². The van der Waals surface area contributed by atoms with Crippen molar-refractivity contribution in [3.63, 3.8) is 0 Å². The summed E-state index contributed by atoms with van der Waals surface area (Å²) in [6.07, 6.45) is 1.13. The van der Waals surface area contributed by atoms with E-state index in [-0.39, 0.29) is 0 Å². The third-order valence-electron chi connectivity index (χ3n) is 3.42. The fourth-order valence-electron chi connectivity index (χ4n) is 1.94. The van der Waals surface area contributed by atoms with Crippen LogP contribution < -0.4 is 0 Å². The summed E-state index contributed by atoms with van der Waals surface area (Å²) >= 11 is 17.6. The minimum atomic E-state index is -2.36. The molecule has 0 aliphatic heterocycles. The zero-order valence-electron chi connectivity index (χ0n) is 9.38. The highest BCUT2D eigenvalue weighted by Gasteiger charge is 2.29. The molecule has 0 aliphatic carbocycles. The Labute approximate surface area is 104 Å². The van der Waals surface area contributed by atoms with Crippen molar-refractivity contribution in [3.8, 4) is 0 Å². The average Bonchev–Trinajstić information content (AvgIpc) is 2.11. The van der Waals surface area contributed by atoms with Crippen molar-refractivity contribution in [3.05, 3.63) is 0 Å². The standard InChI is InChI=1S/C9H21Cl3Si2/c1-4-13(5-2,6-3)8-7-9-14(10,11)12/h4-9H2,1-3H3. The van der Waals surface area contributed by atoms with Crippen LogP contribution in [0.15, 0.2) is 0 Å². The molecule has 0 bridgehead atoms. The molecule has 0 spiro atoms. The van der Waals surface area contributed by atoms with Gasteiger partial charge in [-0.3, -0.25) is 0 Å². The van der Waals surface area contributed by atoms with Gasteiger partial charge in [-0.05, 0) is 6.04 Å². The number of halogens is 3. The van der Waals surface area contributed by atoms with Crippen LogP contribution in [0.1, 0.15) is 27.2 Å². The van der Waals surface area contributed by atoms with Crippen LogP contribution in [0.5, 0.6) is 0 Å². The lowest BCUT2D eigenvalue weighted by Gasteiger charge is -2.28. The third-order valence-corrected chi connectivity index (χ3v) is 12.0. The summed E-state index contributed by atoms with van der Waals surface area (Å²) in [7, 11) is -0.971. The van der Waals surface area contributed by atoms with E-state index >= 15 is 0 Å². The van der Waals surface area contributed by atoms with Gasteiger partial charge in [-0.1, -0.05) is 51.4 Å². The zero-order chi connectivity index (χ0) is 11.2. The monoisotopic (exact) mass is 290 g/mol. The molecule has 0 saturated heterocycles. The van der Waals surface area contributed by atoms with E-state index in [0.29, 0.717) is 0 Å². The van der Waals surface area contributed by atoms with Crippen LogP contribution in [0.2, 0.25) is 30.2 Å². The fraction of sp³-hybridized carbons (Fsp3) is 1.00. The molecule has 86 valence electrons. The lowest BCUT2D eigenvalue weighted by Crippen LogP contribution is -2.31. The van der Waals surface area contributed by atoms with Gasteiger partial charge in [0, 0.05) is 0 Å². The maximum atomic E-state index is 5.88. The fourth-order valence-corrected chi connectivity index (χ4v) is 7.57. The highest BCUT2D eigenvalue weighted by molar-refractivity contribution is 7.64. The zero-order valence-corrected chi connectivity index (χ0v) is 13.6. The summed E-state index contributed by atoms with van der Waals surface area (Å²) in [5.74, 6) is 0. The van der Waals surface area contributed by atoms with Crippen molar-refractivity contribution in [2.24, 2.45) is 0 Å². The maximum absolute atomic E-state index is 5.88. The lowest BCUT2D eigenvalue weighted by atomic mass is 10.6. The van der Waals surface area contributed by atoms with Crippen LogP contribution in [0.25, 0.3) is 0 Å². The van der Waals surface area contributed by atoms with Crippen LogP contribution in [-0.4, -0.2) is 14.1 Å². The van der Waals surface area contributed by atoms with Gasteiger partial charge < -0.3 is 0 Å². The number of rotatable bonds is 7. The highest BCUT2D eigenvalue weighted by atomic mass is 35.8. The molecule has 0 aliphatic rings. The van der Waals surface area contributed by atoms with Crippen LogP contribution in [-0.2, 0) is 0 Å². The van der Waals surface area contributed by atoms with E-state index in [4.69, 9.17) is 33.2 Å². The molecule has 0 heterocycles. The summed E-state index contributed by atoms with van der Waals surface area (Å²) in [5, 5.41) is 0. The SMILES string of the molecule is CC[Si](CC)(CC)CCC[Si](Cl)(Cl)Cl. The smallest absolute Gasteiger partial charge is 0.126 e. The van der Waals surface area contributed by atoms with Crippen molar-refractivity contribution in [1.82, 2.24) is 0 Å². The van der Waals surface area contributed by atoms with Crippen molar-refractivity contribution < 1.29 is 0 Å². The normalized spacial score (nSPS) is 13.3. The largest absolute Gasteiger partial charge is 0.341 e. The lowest BCUT2D eigenvalue weighted by molar-refractivity contribution is 0.983. The van der Waals surface area contributed by atoms with E-state index < -0.39 is 14.1 Å². The second-order valence-corrected chi connectivity index (χ2v) is 18.9. The van der Waals surface area contributed by atoms with Gasteiger partial charge in [0.15, 0.2) is 0 Å². The Kier molecular flexibility index (Phi) is 7.43. The predicted molar refractivity (Wildman–Crippen MR) is 74.7 cm³/mol. The molecule has 0 atom stereocenters. The Morgan fingerprint density at radius 1 is 0.786 bits per heavy atom. The minimum absolute atomic E-state index is 0.840. The molecule has 0 nitrogen and oxygen atoms in total. The minimum Gasteiger partial charge on any atom is -0.126 e. The van der Waals surface area contributed by atoms with E-state index in [1.54, 1.807) is 0 Å². The quantitative estimate of drug-likeness (QED) is 0.427. The molecule has 14 heavy (non-hydrogen) atoms. The molecule has 0 amide bonds. The van der Waals surface area contributed by atoms with E-state index in [0.717, 1.165) is 12.5 Å². The highest BCUT2D eigenvalue weighted by Crippen LogP contribution is 2.32. The van der Waals surface area contributed by atoms with Crippen LogP contribution in [0.4, 0.5) is 0 Å². The molecule has 5 heteroatoms. The molecule has 0 radical (unpaired) electrons. The molecular formula is C9H21Cl3Si2. The second kappa shape index (κ2) is 6.79. The Balaban J connectivity index is 3.95. The van der Waals surface area contributed by atoms with E-state index in [1.165, 1.54) is 24.2 Å². The van der Waals surface area contributed by atoms with Gasteiger partial charge in [0.25, 0.3) is 0 Å². The van der Waals surface area contributed by atoms with Crippen molar-refractivity contribution in [2.45, 2.75) is 57.4 Å². The number of hydrogen-bond donors (Lipinski definition) is 0. The molecule has 0 aromatic carbocycles. The average molecular weight is 292 g/mol. The molecule has 0 saturated carbocycles. The van der Waals surface area contributed by atoms with Crippen LogP contribution in [0, 0.1) is 0 Å². The summed E-state index contributed by atoms with van der Waals surface area (Å²) in [6.45, 7) is 6.98. The first-order valence-electron chi connectivity index (χ1n) is 5.46. The van der Waals surface area contributed by atoms with Gasteiger partial charge in [0.2, 0.25) is 0 Å². The molecular weight excluding hydrogens is 271 g/mol. The summed E-state index contributed by atoms with van der Waals surface area (Å²) in [4.78, 5) is 0. The topological polar surface area (TPSA) is 0 Å². The van der Waals surface area contributed by atoms with Gasteiger partial charge in [-0.25, -0.2) is 0 Å². The van der Waals surface area contributed by atoms with E-state index in [9.17, 15) is 0 Å². The Morgan fingerprint density at radius 3 is 1.50 bits per heavy atom. The molecule has 0 aromatic rings. The van der Waals surface area contributed by atoms with E-state index in [2.05, 4.69) is 20.8 Å². The second-order valence-electron chi connectivity index (χ2n) is 4.03. The predicted octanol–water partition coefficient (Wildman–Crippen LogP) is 5.54. The van der Waals surface area contributed by atoms with Gasteiger partial charge in [-0.2, -0.15) is 0 Å². The summed E-state index contributed by atoms with van der Waals surface area (Å²) in [5.41, 5.74) is 0. The van der Waals surface area contributed by atoms with Gasteiger partial charge in [-0.15, -0.1) is 33.2 Å². The molecule has 0 aromatic heterocycles. The maximum Gasteiger partial charge on any atom is 0.341 e. The Morgan fingerprint density at radius 2 is 1.21 bits per heavy atom. The van der Waals surface area contributed by atoms with Gasteiger partial charge in [0.05, 0.1) is 8.07 Å². The van der Waals surface area contributed by atoms with Crippen molar-refractivity contribution >= 4 is 47.3 Å². The first-order chi connectivity index (χ1) is 6.39. The first kappa shape index (κ1) is 15.3.